The molecule has 2 aliphatic heterocycles. The molecule has 1 aromatic carbocycles. The molecule has 2 saturated heterocycles. The molecule has 24 heavy (non-hydrogen) atoms. The Labute approximate surface area is 143 Å². The smallest absolute Gasteiger partial charge is 0.227 e. The highest BCUT2D eigenvalue weighted by Gasteiger charge is 2.38. The number of benzene rings is 1. The fourth-order valence-electron chi connectivity index (χ4n) is 4.09. The van der Waals surface area contributed by atoms with Gasteiger partial charge in [0.1, 0.15) is 0 Å². The third-order valence-electron chi connectivity index (χ3n) is 5.50. The summed E-state index contributed by atoms with van der Waals surface area (Å²) >= 11 is 0. The van der Waals surface area contributed by atoms with Crippen molar-refractivity contribution in [2.75, 3.05) is 32.7 Å². The summed E-state index contributed by atoms with van der Waals surface area (Å²) in [5, 5.41) is 0. The highest BCUT2D eigenvalue weighted by atomic mass is 16.2. The molecule has 5 nitrogen and oxygen atoms in total. The summed E-state index contributed by atoms with van der Waals surface area (Å²) in [5.74, 6) is 0.820. The van der Waals surface area contributed by atoms with Gasteiger partial charge in [-0.3, -0.25) is 9.59 Å². The van der Waals surface area contributed by atoms with E-state index in [1.54, 1.807) is 11.8 Å². The molecule has 0 bridgehead atoms. The second-order valence-corrected chi connectivity index (χ2v) is 7.06. The Hall–Kier alpha value is -1.88. The van der Waals surface area contributed by atoms with Crippen LogP contribution in [0.15, 0.2) is 30.3 Å². The fraction of sp³-hybridized carbons (Fsp3) is 0.579. The fourth-order valence-corrected chi connectivity index (χ4v) is 4.09. The Morgan fingerprint density at radius 2 is 1.88 bits per heavy atom. The van der Waals surface area contributed by atoms with Crippen LogP contribution in [0.2, 0.25) is 0 Å². The Balaban J connectivity index is 1.69. The van der Waals surface area contributed by atoms with Crippen LogP contribution in [0, 0.1) is 11.8 Å². The zero-order valence-corrected chi connectivity index (χ0v) is 14.4. The van der Waals surface area contributed by atoms with E-state index in [2.05, 4.69) is 12.1 Å². The van der Waals surface area contributed by atoms with E-state index in [4.69, 9.17) is 5.73 Å². The van der Waals surface area contributed by atoms with Gasteiger partial charge in [-0.25, -0.2) is 0 Å². The van der Waals surface area contributed by atoms with Crippen molar-refractivity contribution in [2.45, 2.75) is 25.7 Å². The normalized spacial score (nSPS) is 27.3. The van der Waals surface area contributed by atoms with Crippen LogP contribution in [-0.4, -0.2) is 54.3 Å². The van der Waals surface area contributed by atoms with Gasteiger partial charge in [-0.05, 0) is 30.9 Å². The first-order chi connectivity index (χ1) is 11.6. The van der Waals surface area contributed by atoms with E-state index in [1.807, 2.05) is 23.1 Å². The molecule has 0 radical (unpaired) electrons. The average Bonchev–Trinajstić information content (AvgIpc) is 3.06. The second kappa shape index (κ2) is 7.34. The monoisotopic (exact) mass is 329 g/mol. The maximum absolute atomic E-state index is 13.0. The number of nitrogens with zero attached hydrogens (tertiary/aromatic N) is 2. The van der Waals surface area contributed by atoms with Gasteiger partial charge in [-0.1, -0.05) is 30.3 Å². The minimum atomic E-state index is -0.0596. The number of nitrogens with two attached hydrogens (primary N) is 1. The van der Waals surface area contributed by atoms with E-state index >= 15 is 0 Å². The number of carbonyl (C=O) groups is 2. The van der Waals surface area contributed by atoms with Crippen molar-refractivity contribution < 1.29 is 9.59 Å². The minimum absolute atomic E-state index is 0.0596. The van der Waals surface area contributed by atoms with Crippen molar-refractivity contribution in [2.24, 2.45) is 17.6 Å². The first-order valence-electron chi connectivity index (χ1n) is 8.89. The lowest BCUT2D eigenvalue weighted by atomic mass is 9.89. The molecule has 2 N–H and O–H groups in total. The van der Waals surface area contributed by atoms with Crippen LogP contribution >= 0.6 is 0 Å². The van der Waals surface area contributed by atoms with Gasteiger partial charge in [0.25, 0.3) is 0 Å². The van der Waals surface area contributed by atoms with Crippen molar-refractivity contribution in [1.29, 1.82) is 0 Å². The molecular weight excluding hydrogens is 302 g/mol. The molecule has 2 heterocycles. The number of hydrogen-bond donors (Lipinski definition) is 1. The Morgan fingerprint density at radius 3 is 2.54 bits per heavy atom. The van der Waals surface area contributed by atoms with E-state index < -0.39 is 0 Å². The summed E-state index contributed by atoms with van der Waals surface area (Å²) in [5.41, 5.74) is 7.23. The van der Waals surface area contributed by atoms with Gasteiger partial charge in [-0.15, -0.1) is 0 Å². The molecule has 3 atom stereocenters. The number of hydrogen-bond acceptors (Lipinski definition) is 3. The van der Waals surface area contributed by atoms with E-state index in [0.29, 0.717) is 24.9 Å². The standard InChI is InChI=1S/C19H27N3O2/c1-14(23)21-9-5-8-16(11-21)19(24)22-12-17(10-20)18(13-22)15-6-3-2-4-7-15/h2-4,6-7,16-18H,5,8-13,20H2,1H3/t16?,17-,18+/m1/s1. The van der Waals surface area contributed by atoms with E-state index in [0.717, 1.165) is 32.5 Å². The van der Waals surface area contributed by atoms with Gasteiger partial charge in [0.05, 0.1) is 5.92 Å². The SMILES string of the molecule is CC(=O)N1CCCC(C(=O)N2C[C@@H](CN)[C@H](c3ccccc3)C2)C1. The Kier molecular flexibility index (Phi) is 5.19. The molecule has 0 spiro atoms. The molecule has 5 heteroatoms. The van der Waals surface area contributed by atoms with E-state index in [9.17, 15) is 9.59 Å². The molecule has 3 rings (SSSR count). The number of carbonyl (C=O) groups excluding carboxylic acids is 2. The molecule has 0 saturated carbocycles. The molecule has 1 unspecified atom stereocenters. The molecule has 2 amide bonds. The van der Waals surface area contributed by atoms with Gasteiger partial charge in [0.2, 0.25) is 11.8 Å². The quantitative estimate of drug-likeness (QED) is 0.913. The molecule has 0 aromatic heterocycles. The van der Waals surface area contributed by atoms with Gasteiger partial charge in [0.15, 0.2) is 0 Å². The summed E-state index contributed by atoms with van der Waals surface area (Å²) in [6.45, 7) is 4.98. The largest absolute Gasteiger partial charge is 0.342 e. The first kappa shape index (κ1) is 17.0. The van der Waals surface area contributed by atoms with Crippen LogP contribution < -0.4 is 5.73 Å². The summed E-state index contributed by atoms with van der Waals surface area (Å²) in [6.07, 6.45) is 1.79. The van der Waals surface area contributed by atoms with E-state index in [1.165, 1.54) is 5.56 Å². The van der Waals surface area contributed by atoms with Gasteiger partial charge >= 0.3 is 0 Å². The van der Waals surface area contributed by atoms with Crippen LogP contribution in [0.4, 0.5) is 0 Å². The van der Waals surface area contributed by atoms with Crippen molar-refractivity contribution >= 4 is 11.8 Å². The van der Waals surface area contributed by atoms with E-state index in [-0.39, 0.29) is 17.7 Å². The molecule has 0 aliphatic carbocycles. The van der Waals surface area contributed by atoms with Crippen molar-refractivity contribution in [3.63, 3.8) is 0 Å². The highest BCUT2D eigenvalue weighted by molar-refractivity contribution is 5.81. The average molecular weight is 329 g/mol. The summed E-state index contributed by atoms with van der Waals surface area (Å²) in [7, 11) is 0. The summed E-state index contributed by atoms with van der Waals surface area (Å²) in [6, 6.07) is 10.3. The van der Waals surface area contributed by atoms with Gasteiger partial charge in [0, 0.05) is 39.0 Å². The summed E-state index contributed by atoms with van der Waals surface area (Å²) in [4.78, 5) is 28.3. The number of rotatable bonds is 3. The molecule has 2 fully saturated rings. The molecule has 1 aromatic rings. The second-order valence-electron chi connectivity index (χ2n) is 7.06. The van der Waals surface area contributed by atoms with Gasteiger partial charge < -0.3 is 15.5 Å². The van der Waals surface area contributed by atoms with Crippen LogP contribution in [0.3, 0.4) is 0 Å². The van der Waals surface area contributed by atoms with Crippen LogP contribution in [0.25, 0.3) is 0 Å². The first-order valence-corrected chi connectivity index (χ1v) is 8.89. The zero-order chi connectivity index (χ0) is 17.1. The topological polar surface area (TPSA) is 66.6 Å². The van der Waals surface area contributed by atoms with Crippen molar-refractivity contribution in [1.82, 2.24) is 9.80 Å². The minimum Gasteiger partial charge on any atom is -0.342 e. The molecule has 2 aliphatic rings. The highest BCUT2D eigenvalue weighted by Crippen LogP contribution is 2.33. The summed E-state index contributed by atoms with van der Waals surface area (Å²) < 4.78 is 0. The maximum atomic E-state index is 13.0. The molecule has 130 valence electrons. The maximum Gasteiger partial charge on any atom is 0.227 e. The third kappa shape index (κ3) is 3.46. The van der Waals surface area contributed by atoms with Crippen LogP contribution in [0.1, 0.15) is 31.2 Å². The van der Waals surface area contributed by atoms with Crippen LogP contribution in [-0.2, 0) is 9.59 Å². The number of amides is 2. The number of piperidine rings is 1. The van der Waals surface area contributed by atoms with Gasteiger partial charge in [-0.2, -0.15) is 0 Å². The lowest BCUT2D eigenvalue weighted by Gasteiger charge is -2.33. The third-order valence-corrected chi connectivity index (χ3v) is 5.50. The lowest BCUT2D eigenvalue weighted by molar-refractivity contribution is -0.139. The Morgan fingerprint density at radius 1 is 1.12 bits per heavy atom. The zero-order valence-electron chi connectivity index (χ0n) is 14.4. The van der Waals surface area contributed by atoms with Crippen LogP contribution in [0.5, 0.6) is 0 Å². The molecular formula is C19H27N3O2. The predicted octanol–water partition coefficient (Wildman–Crippen LogP) is 1.45. The Bertz CT molecular complexity index is 590. The van der Waals surface area contributed by atoms with Crippen molar-refractivity contribution in [3.05, 3.63) is 35.9 Å². The number of likely N-dealkylation sites (tertiary alicyclic amines) is 2. The lowest BCUT2D eigenvalue weighted by Crippen LogP contribution is -2.45. The van der Waals surface area contributed by atoms with Crippen molar-refractivity contribution in [3.8, 4) is 0 Å². The predicted molar refractivity (Wildman–Crippen MR) is 93.3 cm³/mol.